The first-order valence-electron chi connectivity index (χ1n) is 13.4. The highest BCUT2D eigenvalue weighted by Gasteiger charge is 2.43. The van der Waals surface area contributed by atoms with Crippen LogP contribution in [0.2, 0.25) is 0 Å². The van der Waals surface area contributed by atoms with Crippen LogP contribution < -0.4 is 16.1 Å². The van der Waals surface area contributed by atoms with Gasteiger partial charge in [0.1, 0.15) is 6.04 Å². The number of hydrogen-bond donors (Lipinski definition) is 2. The van der Waals surface area contributed by atoms with Gasteiger partial charge in [-0.1, -0.05) is 93.6 Å². The molecular formula is C32H38N4O3. The van der Waals surface area contributed by atoms with Crippen molar-refractivity contribution in [3.05, 3.63) is 102 Å². The third-order valence-corrected chi connectivity index (χ3v) is 7.07. The number of hydrazine groups is 1. The zero-order valence-electron chi connectivity index (χ0n) is 23.1. The lowest BCUT2D eigenvalue weighted by Crippen LogP contribution is -2.57. The summed E-state index contributed by atoms with van der Waals surface area (Å²) in [6.45, 7) is 7.86. The van der Waals surface area contributed by atoms with Crippen molar-refractivity contribution in [3.8, 4) is 0 Å². The Morgan fingerprint density at radius 3 is 2.10 bits per heavy atom. The van der Waals surface area contributed by atoms with Gasteiger partial charge in [-0.3, -0.25) is 19.9 Å². The van der Waals surface area contributed by atoms with Gasteiger partial charge in [0, 0.05) is 12.1 Å². The van der Waals surface area contributed by atoms with Crippen LogP contribution in [0.4, 0.5) is 10.5 Å². The molecule has 0 aliphatic carbocycles. The molecule has 1 unspecified atom stereocenters. The van der Waals surface area contributed by atoms with Gasteiger partial charge in [-0.2, -0.15) is 0 Å². The first-order valence-corrected chi connectivity index (χ1v) is 13.4. The summed E-state index contributed by atoms with van der Waals surface area (Å²) >= 11 is 0. The van der Waals surface area contributed by atoms with E-state index in [1.807, 2.05) is 107 Å². The Labute approximate surface area is 231 Å². The van der Waals surface area contributed by atoms with Crippen LogP contribution in [0.15, 0.2) is 84.9 Å². The predicted molar refractivity (Wildman–Crippen MR) is 154 cm³/mol. The van der Waals surface area contributed by atoms with Gasteiger partial charge < -0.3 is 5.73 Å². The molecule has 0 bridgehead atoms. The van der Waals surface area contributed by atoms with Crippen LogP contribution in [0.1, 0.15) is 68.7 Å². The maximum atomic E-state index is 14.5. The third kappa shape index (κ3) is 6.85. The van der Waals surface area contributed by atoms with Gasteiger partial charge in [0.25, 0.3) is 5.91 Å². The second kappa shape index (κ2) is 11.7. The fraction of sp³-hybridized carbons (Fsp3) is 0.344. The zero-order chi connectivity index (χ0) is 28.2. The first kappa shape index (κ1) is 27.9. The topological polar surface area (TPSA) is 95.7 Å². The van der Waals surface area contributed by atoms with Gasteiger partial charge in [0.2, 0.25) is 5.91 Å². The molecule has 4 amide bonds. The molecule has 0 saturated carbocycles. The van der Waals surface area contributed by atoms with Crippen LogP contribution in [0.3, 0.4) is 0 Å². The van der Waals surface area contributed by atoms with E-state index in [1.54, 1.807) is 6.07 Å². The number of aryl methyl sites for hydroxylation is 1. The summed E-state index contributed by atoms with van der Waals surface area (Å²) in [5, 5.41) is 1.45. The first-order chi connectivity index (χ1) is 18.5. The molecule has 39 heavy (non-hydrogen) atoms. The van der Waals surface area contributed by atoms with Crippen molar-refractivity contribution < 1.29 is 14.4 Å². The smallest absolute Gasteiger partial charge is 0.320 e. The lowest BCUT2D eigenvalue weighted by Gasteiger charge is -2.35. The van der Waals surface area contributed by atoms with Crippen molar-refractivity contribution in [2.24, 2.45) is 11.1 Å². The van der Waals surface area contributed by atoms with Gasteiger partial charge in [-0.15, -0.1) is 0 Å². The number of carbonyl (C=O) groups is 3. The van der Waals surface area contributed by atoms with Gasteiger partial charge in [0.05, 0.1) is 6.04 Å². The van der Waals surface area contributed by atoms with Crippen molar-refractivity contribution in [3.63, 3.8) is 0 Å². The minimum atomic E-state index is -0.918. The summed E-state index contributed by atoms with van der Waals surface area (Å²) < 4.78 is 0. The quantitative estimate of drug-likeness (QED) is 0.421. The maximum absolute atomic E-state index is 14.5. The average molecular weight is 527 g/mol. The molecule has 1 heterocycles. The lowest BCUT2D eigenvalue weighted by molar-refractivity contribution is -0.145. The molecule has 1 aliphatic heterocycles. The lowest BCUT2D eigenvalue weighted by atomic mass is 9.86. The summed E-state index contributed by atoms with van der Waals surface area (Å²) in [5.74, 6) is -0.707. The Hall–Kier alpha value is -4.13. The van der Waals surface area contributed by atoms with E-state index in [9.17, 15) is 14.4 Å². The minimum Gasteiger partial charge on any atom is -0.351 e. The summed E-state index contributed by atoms with van der Waals surface area (Å²) in [7, 11) is 0. The molecule has 204 valence electrons. The van der Waals surface area contributed by atoms with Crippen molar-refractivity contribution in [1.29, 1.82) is 0 Å². The summed E-state index contributed by atoms with van der Waals surface area (Å²) in [4.78, 5) is 42.0. The molecular weight excluding hydrogens is 488 g/mol. The number of rotatable bonds is 6. The Kier molecular flexibility index (Phi) is 8.38. The molecule has 3 N–H and O–H groups in total. The minimum absolute atomic E-state index is 0.0819. The van der Waals surface area contributed by atoms with Crippen LogP contribution in [-0.4, -0.2) is 28.9 Å². The summed E-state index contributed by atoms with van der Waals surface area (Å²) in [6, 6.07) is 25.0. The number of urea groups is 1. The van der Waals surface area contributed by atoms with Gasteiger partial charge in [-0.05, 0) is 59.9 Å². The third-order valence-electron chi connectivity index (χ3n) is 7.07. The molecule has 3 atom stereocenters. The summed E-state index contributed by atoms with van der Waals surface area (Å²) in [5.41, 5.74) is 12.1. The molecule has 0 spiro atoms. The number of benzene rings is 3. The van der Waals surface area contributed by atoms with Gasteiger partial charge >= 0.3 is 6.03 Å². The van der Waals surface area contributed by atoms with Crippen molar-refractivity contribution >= 4 is 23.5 Å². The summed E-state index contributed by atoms with van der Waals surface area (Å²) in [6.07, 6.45) is 1.16. The van der Waals surface area contributed by atoms with Crippen LogP contribution in [-0.2, 0) is 9.59 Å². The normalized spacial score (nSPS) is 19.7. The molecule has 1 fully saturated rings. The molecule has 1 aliphatic rings. The largest absolute Gasteiger partial charge is 0.351 e. The Bertz CT molecular complexity index is 1300. The molecule has 0 radical (unpaired) electrons. The number of hydrogen-bond acceptors (Lipinski definition) is 3. The SMILES string of the molecule is Cc1cccc(N(C(N)=O)[C@@H]2C[C@H](c3ccccc3)CC(c3ccccc3)N(NC(=O)CC(C)(C)C)C2=O)c1. The van der Waals surface area contributed by atoms with Crippen molar-refractivity contribution in [1.82, 2.24) is 10.4 Å². The highest BCUT2D eigenvalue weighted by molar-refractivity contribution is 6.00. The monoisotopic (exact) mass is 526 g/mol. The Morgan fingerprint density at radius 1 is 0.923 bits per heavy atom. The number of nitrogens with one attached hydrogen (secondary N) is 1. The van der Waals surface area contributed by atoms with Crippen LogP contribution in [0.25, 0.3) is 0 Å². The number of amides is 4. The molecule has 3 aromatic carbocycles. The molecule has 4 rings (SSSR count). The molecule has 7 nitrogen and oxygen atoms in total. The number of primary amides is 1. The number of carbonyl (C=O) groups excluding carboxylic acids is 3. The van der Waals surface area contributed by atoms with Crippen molar-refractivity contribution in [2.75, 3.05) is 4.90 Å². The number of nitrogens with two attached hydrogens (primary N) is 1. The van der Waals surface area contributed by atoms with Crippen LogP contribution in [0, 0.1) is 12.3 Å². The highest BCUT2D eigenvalue weighted by Crippen LogP contribution is 2.40. The fourth-order valence-corrected chi connectivity index (χ4v) is 5.36. The standard InChI is InChI=1S/C32H38N4O3/c1-22-12-11-17-26(18-22)35(31(33)39)28-20-25(23-13-7-5-8-14-23)19-27(24-15-9-6-10-16-24)36(30(28)38)34-29(37)21-32(2,3)4/h5-18,25,27-28H,19-21H2,1-4H3,(H2,33,39)(H,34,37)/t25-,27?,28-/m1/s1. The van der Waals surface area contributed by atoms with E-state index in [-0.39, 0.29) is 29.6 Å². The van der Waals surface area contributed by atoms with Gasteiger partial charge in [0.15, 0.2) is 0 Å². The van der Waals surface area contributed by atoms with Crippen LogP contribution in [0.5, 0.6) is 0 Å². The van der Waals surface area contributed by atoms with E-state index in [0.29, 0.717) is 18.5 Å². The van der Waals surface area contributed by atoms with E-state index in [2.05, 4.69) is 5.43 Å². The molecule has 7 heteroatoms. The molecule has 1 saturated heterocycles. The second-order valence-corrected chi connectivity index (χ2v) is 11.5. The van der Waals surface area contributed by atoms with Crippen LogP contribution >= 0.6 is 0 Å². The van der Waals surface area contributed by atoms with E-state index >= 15 is 0 Å². The van der Waals surface area contributed by atoms with Crippen molar-refractivity contribution in [2.45, 2.75) is 65.0 Å². The number of anilines is 1. The second-order valence-electron chi connectivity index (χ2n) is 11.5. The van der Waals surface area contributed by atoms with Gasteiger partial charge in [-0.25, -0.2) is 9.80 Å². The van der Waals surface area contributed by atoms with E-state index in [4.69, 9.17) is 5.73 Å². The average Bonchev–Trinajstić information content (AvgIpc) is 3.01. The Balaban J connectivity index is 1.85. The Morgan fingerprint density at radius 2 is 1.54 bits per heavy atom. The predicted octanol–water partition coefficient (Wildman–Crippen LogP) is 5.86. The molecule has 3 aromatic rings. The van der Waals surface area contributed by atoms with E-state index in [1.165, 1.54) is 9.91 Å². The highest BCUT2D eigenvalue weighted by atomic mass is 16.2. The fourth-order valence-electron chi connectivity index (χ4n) is 5.36. The van der Waals surface area contributed by atoms with E-state index in [0.717, 1.165) is 16.7 Å². The molecule has 0 aromatic heterocycles. The number of nitrogens with zero attached hydrogens (tertiary/aromatic N) is 2. The van der Waals surface area contributed by atoms with E-state index < -0.39 is 18.1 Å². The zero-order valence-corrected chi connectivity index (χ0v) is 23.1. The maximum Gasteiger partial charge on any atom is 0.320 e.